The Labute approximate surface area is 138 Å². The summed E-state index contributed by atoms with van der Waals surface area (Å²) in [7, 11) is -3.32. The van der Waals surface area contributed by atoms with Gasteiger partial charge in [-0.3, -0.25) is 4.79 Å². The Morgan fingerprint density at radius 1 is 1.25 bits per heavy atom. The van der Waals surface area contributed by atoms with E-state index in [9.17, 15) is 26.4 Å². The van der Waals surface area contributed by atoms with E-state index in [4.69, 9.17) is 0 Å². The monoisotopic (exact) mass is 367 g/mol. The molecule has 0 aromatic carbocycles. The van der Waals surface area contributed by atoms with Crippen LogP contribution < -0.4 is 10.0 Å². The van der Waals surface area contributed by atoms with Crippen molar-refractivity contribution in [2.45, 2.75) is 44.5 Å². The number of hydrogen-bond donors (Lipinski definition) is 2. The first-order chi connectivity index (χ1) is 11.0. The van der Waals surface area contributed by atoms with Gasteiger partial charge in [-0.1, -0.05) is 0 Å². The van der Waals surface area contributed by atoms with E-state index >= 15 is 0 Å². The number of pyridine rings is 1. The lowest BCUT2D eigenvalue weighted by Crippen LogP contribution is -2.31. The first kappa shape index (κ1) is 20.4. The maximum atomic E-state index is 12.4. The summed E-state index contributed by atoms with van der Waals surface area (Å²) >= 11 is 0. The maximum Gasteiger partial charge on any atom is 0.417 e. The number of amides is 1. The van der Waals surface area contributed by atoms with Gasteiger partial charge in [-0.25, -0.2) is 18.1 Å². The van der Waals surface area contributed by atoms with Gasteiger partial charge in [-0.15, -0.1) is 0 Å². The smallest absolute Gasteiger partial charge is 0.311 e. The Kier molecular flexibility index (Phi) is 7.15. The molecule has 0 saturated carbocycles. The van der Waals surface area contributed by atoms with E-state index in [1.165, 1.54) is 0 Å². The van der Waals surface area contributed by atoms with E-state index in [0.717, 1.165) is 12.1 Å². The van der Waals surface area contributed by atoms with E-state index in [-0.39, 0.29) is 18.8 Å². The number of alkyl halides is 3. The Morgan fingerprint density at radius 3 is 2.42 bits per heavy atom. The molecule has 0 atom stereocenters. The maximum absolute atomic E-state index is 12.4. The average molecular weight is 367 g/mol. The number of aromatic nitrogens is 1. The number of carbonyl (C=O) groups excluding carboxylic acids is 1. The van der Waals surface area contributed by atoms with E-state index in [0.29, 0.717) is 19.0 Å². The van der Waals surface area contributed by atoms with Crippen LogP contribution >= 0.6 is 0 Å². The van der Waals surface area contributed by atoms with Crippen LogP contribution in [0.2, 0.25) is 0 Å². The molecule has 24 heavy (non-hydrogen) atoms. The van der Waals surface area contributed by atoms with Gasteiger partial charge in [0, 0.05) is 19.2 Å². The number of halogens is 3. The molecule has 6 nitrogen and oxygen atoms in total. The van der Waals surface area contributed by atoms with Crippen LogP contribution in [0.3, 0.4) is 0 Å². The number of nitrogens with one attached hydrogen (secondary N) is 2. The molecular formula is C14H20F3N3O3S. The SMILES string of the molecule is CC(C)S(=O)(=O)NCCCCC(=O)Nc1ccc(C(F)(F)F)cn1. The summed E-state index contributed by atoms with van der Waals surface area (Å²) in [5, 5.41) is 1.87. The average Bonchev–Trinajstić information content (AvgIpc) is 2.46. The summed E-state index contributed by atoms with van der Waals surface area (Å²) in [6.45, 7) is 3.35. The van der Waals surface area contributed by atoms with Gasteiger partial charge in [0.2, 0.25) is 15.9 Å². The topological polar surface area (TPSA) is 88.2 Å². The Balaban J connectivity index is 2.32. The zero-order valence-electron chi connectivity index (χ0n) is 13.4. The molecule has 1 aromatic rings. The van der Waals surface area contributed by atoms with E-state index in [1.807, 2.05) is 0 Å². The molecule has 0 unspecified atom stereocenters. The molecular weight excluding hydrogens is 347 g/mol. The fraction of sp³-hybridized carbons (Fsp3) is 0.571. The van der Waals surface area contributed by atoms with Gasteiger partial charge in [-0.05, 0) is 38.8 Å². The van der Waals surface area contributed by atoms with Crippen LogP contribution in [0.15, 0.2) is 18.3 Å². The van der Waals surface area contributed by atoms with Gasteiger partial charge in [0.15, 0.2) is 0 Å². The van der Waals surface area contributed by atoms with Crippen molar-refractivity contribution in [1.29, 1.82) is 0 Å². The van der Waals surface area contributed by atoms with Crippen LogP contribution in [0.25, 0.3) is 0 Å². The summed E-state index contributed by atoms with van der Waals surface area (Å²) in [6, 6.07) is 1.92. The largest absolute Gasteiger partial charge is 0.417 e. The molecule has 2 N–H and O–H groups in total. The van der Waals surface area contributed by atoms with Crippen LogP contribution in [0.1, 0.15) is 38.7 Å². The summed E-state index contributed by atoms with van der Waals surface area (Å²) in [5.41, 5.74) is -0.891. The molecule has 0 radical (unpaired) electrons. The standard InChI is InChI=1S/C14H20F3N3O3S/c1-10(2)24(22,23)19-8-4-3-5-13(21)20-12-7-6-11(9-18-12)14(15,16)17/h6-7,9-10,19H,3-5,8H2,1-2H3,(H,18,20,21). The molecule has 1 rings (SSSR count). The van der Waals surface area contributed by atoms with Crippen molar-refractivity contribution in [2.24, 2.45) is 0 Å². The molecule has 0 aliphatic rings. The number of sulfonamides is 1. The third-order valence-electron chi connectivity index (χ3n) is 3.11. The number of nitrogens with zero attached hydrogens (tertiary/aromatic N) is 1. The number of rotatable bonds is 8. The quantitative estimate of drug-likeness (QED) is 0.691. The van der Waals surface area contributed by atoms with E-state index in [1.54, 1.807) is 13.8 Å². The van der Waals surface area contributed by atoms with Crippen LogP contribution in [-0.4, -0.2) is 31.1 Å². The summed E-state index contributed by atoms with van der Waals surface area (Å²) in [4.78, 5) is 15.2. The second-order valence-corrected chi connectivity index (χ2v) is 7.74. The molecule has 0 spiro atoms. The van der Waals surface area contributed by atoms with Gasteiger partial charge in [0.1, 0.15) is 5.82 Å². The van der Waals surface area contributed by atoms with Gasteiger partial charge in [-0.2, -0.15) is 13.2 Å². The molecule has 0 aliphatic carbocycles. The highest BCUT2D eigenvalue weighted by Crippen LogP contribution is 2.28. The van der Waals surface area contributed by atoms with Crippen molar-refractivity contribution >= 4 is 21.7 Å². The first-order valence-corrected chi connectivity index (χ1v) is 8.88. The van der Waals surface area contributed by atoms with Gasteiger partial charge in [0.05, 0.1) is 10.8 Å². The number of carbonyl (C=O) groups is 1. The lowest BCUT2D eigenvalue weighted by atomic mass is 10.2. The number of hydrogen-bond acceptors (Lipinski definition) is 4. The normalized spacial score (nSPS) is 12.4. The zero-order valence-corrected chi connectivity index (χ0v) is 14.2. The molecule has 0 aliphatic heterocycles. The Bertz CT molecular complexity index is 643. The fourth-order valence-corrected chi connectivity index (χ4v) is 2.39. The molecule has 1 aromatic heterocycles. The number of unbranched alkanes of at least 4 members (excludes halogenated alkanes) is 1. The lowest BCUT2D eigenvalue weighted by molar-refractivity contribution is -0.137. The summed E-state index contributed by atoms with van der Waals surface area (Å²) < 4.78 is 62.5. The summed E-state index contributed by atoms with van der Waals surface area (Å²) in [5.74, 6) is -0.359. The molecule has 10 heteroatoms. The highest BCUT2D eigenvalue weighted by atomic mass is 32.2. The van der Waals surface area contributed by atoms with Gasteiger partial charge >= 0.3 is 6.18 Å². The minimum absolute atomic E-state index is 0.0357. The third-order valence-corrected chi connectivity index (χ3v) is 4.96. The van der Waals surface area contributed by atoms with E-state index < -0.39 is 32.9 Å². The van der Waals surface area contributed by atoms with Crippen LogP contribution in [0.4, 0.5) is 19.0 Å². The predicted molar refractivity (Wildman–Crippen MR) is 83.8 cm³/mol. The first-order valence-electron chi connectivity index (χ1n) is 7.34. The number of anilines is 1. The lowest BCUT2D eigenvalue weighted by Gasteiger charge is -2.09. The van der Waals surface area contributed by atoms with E-state index in [2.05, 4.69) is 15.0 Å². The Hall–Kier alpha value is -1.68. The fourth-order valence-electron chi connectivity index (χ4n) is 1.63. The van der Waals surface area contributed by atoms with Crippen molar-refractivity contribution in [3.8, 4) is 0 Å². The Morgan fingerprint density at radius 2 is 1.92 bits per heavy atom. The van der Waals surface area contributed by atoms with Crippen molar-refractivity contribution in [3.05, 3.63) is 23.9 Å². The van der Waals surface area contributed by atoms with Crippen LogP contribution in [-0.2, 0) is 21.0 Å². The summed E-state index contributed by atoms with van der Waals surface area (Å²) in [6.07, 6.45) is -2.80. The zero-order chi connectivity index (χ0) is 18.4. The van der Waals surface area contributed by atoms with Crippen molar-refractivity contribution in [1.82, 2.24) is 9.71 Å². The third kappa shape index (κ3) is 6.83. The minimum Gasteiger partial charge on any atom is -0.311 e. The molecule has 1 amide bonds. The van der Waals surface area contributed by atoms with Crippen molar-refractivity contribution in [3.63, 3.8) is 0 Å². The van der Waals surface area contributed by atoms with Crippen LogP contribution in [0, 0.1) is 0 Å². The van der Waals surface area contributed by atoms with Crippen molar-refractivity contribution in [2.75, 3.05) is 11.9 Å². The highest BCUT2D eigenvalue weighted by Gasteiger charge is 2.30. The molecule has 0 fully saturated rings. The second-order valence-electron chi connectivity index (χ2n) is 5.42. The second kappa shape index (κ2) is 8.43. The van der Waals surface area contributed by atoms with Crippen LogP contribution in [0.5, 0.6) is 0 Å². The minimum atomic E-state index is -4.47. The molecule has 0 saturated heterocycles. The van der Waals surface area contributed by atoms with Gasteiger partial charge < -0.3 is 5.32 Å². The molecule has 0 bridgehead atoms. The molecule has 1 heterocycles. The van der Waals surface area contributed by atoms with Gasteiger partial charge in [0.25, 0.3) is 0 Å². The molecule has 136 valence electrons. The highest BCUT2D eigenvalue weighted by molar-refractivity contribution is 7.90. The van der Waals surface area contributed by atoms with Crippen molar-refractivity contribution < 1.29 is 26.4 Å². The predicted octanol–water partition coefficient (Wildman–Crippen LogP) is 2.54.